The maximum absolute atomic E-state index is 5.67. The molecule has 1 aliphatic heterocycles. The Hall–Kier alpha value is 0.250. The summed E-state index contributed by atoms with van der Waals surface area (Å²) in [5.41, 5.74) is 0. The first-order valence-electron chi connectivity index (χ1n) is 4.11. The Morgan fingerprint density at radius 3 is 2.90 bits per heavy atom. The van der Waals surface area contributed by atoms with E-state index in [0.29, 0.717) is 0 Å². The molecule has 1 fully saturated rings. The molecule has 0 aromatic carbocycles. The molecule has 1 saturated heterocycles. The first kappa shape index (κ1) is 8.35. The van der Waals surface area contributed by atoms with Crippen LogP contribution < -0.4 is 0 Å². The van der Waals surface area contributed by atoms with Crippen LogP contribution in [0.4, 0.5) is 0 Å². The van der Waals surface area contributed by atoms with E-state index in [4.69, 9.17) is 11.6 Å². The molecule has 0 aliphatic carbocycles. The second-order valence-corrected chi connectivity index (χ2v) is 3.49. The summed E-state index contributed by atoms with van der Waals surface area (Å²) in [5, 5.41) is 0. The first-order chi connectivity index (χ1) is 4.84. The third-order valence-electron chi connectivity index (χ3n) is 2.36. The second-order valence-electron chi connectivity index (χ2n) is 3.11. The van der Waals surface area contributed by atoms with Crippen molar-refractivity contribution >= 4 is 11.6 Å². The molecule has 0 aromatic rings. The van der Waals surface area contributed by atoms with Gasteiger partial charge >= 0.3 is 0 Å². The van der Waals surface area contributed by atoms with Crippen LogP contribution in [0, 0.1) is 0 Å². The lowest BCUT2D eigenvalue weighted by atomic mass is 10.0. The third kappa shape index (κ3) is 2.14. The maximum atomic E-state index is 5.67. The van der Waals surface area contributed by atoms with Crippen molar-refractivity contribution in [1.82, 2.24) is 4.90 Å². The van der Waals surface area contributed by atoms with Crippen molar-refractivity contribution < 1.29 is 0 Å². The number of halogens is 1. The van der Waals surface area contributed by atoms with Crippen LogP contribution in [0.5, 0.6) is 0 Å². The predicted molar refractivity (Wildman–Crippen MR) is 45.6 cm³/mol. The van der Waals surface area contributed by atoms with Gasteiger partial charge in [-0.25, -0.2) is 0 Å². The summed E-state index contributed by atoms with van der Waals surface area (Å²) in [6.07, 6.45) is 5.28. The number of hydrogen-bond donors (Lipinski definition) is 0. The van der Waals surface area contributed by atoms with Crippen molar-refractivity contribution in [1.29, 1.82) is 0 Å². The fourth-order valence-corrected chi connectivity index (χ4v) is 1.89. The summed E-state index contributed by atoms with van der Waals surface area (Å²) in [6, 6.07) is 0.770. The molecule has 0 bridgehead atoms. The molecule has 1 nitrogen and oxygen atoms in total. The molecule has 10 heavy (non-hydrogen) atoms. The molecule has 1 atom stereocenters. The standard InChI is InChI=1S/C8H16ClN/c1-10-7-3-2-4-8(10)5-6-9/h8H,2-7H2,1H3/t8-/m0/s1. The molecule has 0 radical (unpaired) electrons. The normalized spacial score (nSPS) is 28.8. The summed E-state index contributed by atoms with van der Waals surface area (Å²) in [5.74, 6) is 0.814. The van der Waals surface area contributed by atoms with E-state index < -0.39 is 0 Å². The lowest BCUT2D eigenvalue weighted by Crippen LogP contribution is -2.36. The Kier molecular flexibility index (Phi) is 3.50. The van der Waals surface area contributed by atoms with Crippen molar-refractivity contribution in [3.8, 4) is 0 Å². The van der Waals surface area contributed by atoms with Gasteiger partial charge in [-0.05, 0) is 32.9 Å². The lowest BCUT2D eigenvalue weighted by molar-refractivity contribution is 0.182. The van der Waals surface area contributed by atoms with Crippen LogP contribution in [-0.2, 0) is 0 Å². The van der Waals surface area contributed by atoms with E-state index in [1.807, 2.05) is 0 Å². The molecular weight excluding hydrogens is 146 g/mol. The number of hydrogen-bond acceptors (Lipinski definition) is 1. The van der Waals surface area contributed by atoms with Gasteiger partial charge in [-0.3, -0.25) is 0 Å². The Morgan fingerprint density at radius 1 is 1.50 bits per heavy atom. The SMILES string of the molecule is CN1CCCC[C@H]1CCCl. The average Bonchev–Trinajstić information content (AvgIpc) is 1.94. The van der Waals surface area contributed by atoms with Gasteiger partial charge < -0.3 is 4.90 Å². The van der Waals surface area contributed by atoms with Crippen LogP contribution in [0.2, 0.25) is 0 Å². The maximum Gasteiger partial charge on any atom is 0.0238 e. The van der Waals surface area contributed by atoms with Crippen molar-refractivity contribution in [3.63, 3.8) is 0 Å². The predicted octanol–water partition coefficient (Wildman–Crippen LogP) is 2.10. The van der Waals surface area contributed by atoms with Crippen molar-refractivity contribution in [2.45, 2.75) is 31.7 Å². The number of alkyl halides is 1. The van der Waals surface area contributed by atoms with E-state index in [-0.39, 0.29) is 0 Å². The molecule has 0 saturated carbocycles. The van der Waals surface area contributed by atoms with Crippen LogP contribution in [0.3, 0.4) is 0 Å². The number of nitrogens with zero attached hydrogens (tertiary/aromatic N) is 1. The summed E-state index contributed by atoms with van der Waals surface area (Å²) in [4.78, 5) is 2.44. The van der Waals surface area contributed by atoms with Crippen LogP contribution in [0.1, 0.15) is 25.7 Å². The molecule has 2 heteroatoms. The molecule has 1 heterocycles. The second kappa shape index (κ2) is 4.20. The van der Waals surface area contributed by atoms with Gasteiger partial charge in [-0.1, -0.05) is 6.42 Å². The number of likely N-dealkylation sites (tertiary alicyclic amines) is 1. The molecule has 0 spiro atoms. The van der Waals surface area contributed by atoms with Crippen molar-refractivity contribution in [2.75, 3.05) is 19.5 Å². The minimum Gasteiger partial charge on any atom is -0.303 e. The van der Waals surface area contributed by atoms with E-state index in [1.54, 1.807) is 0 Å². The molecule has 1 rings (SSSR count). The molecule has 0 aromatic heterocycles. The fraction of sp³-hybridized carbons (Fsp3) is 1.00. The summed E-state index contributed by atoms with van der Waals surface area (Å²) in [6.45, 7) is 1.27. The van der Waals surface area contributed by atoms with E-state index in [2.05, 4.69) is 11.9 Å². The smallest absolute Gasteiger partial charge is 0.0238 e. The molecule has 0 unspecified atom stereocenters. The monoisotopic (exact) mass is 161 g/mol. The third-order valence-corrected chi connectivity index (χ3v) is 2.58. The van der Waals surface area contributed by atoms with Crippen LogP contribution >= 0.6 is 11.6 Å². The molecule has 0 amide bonds. The van der Waals surface area contributed by atoms with Gasteiger partial charge in [0.15, 0.2) is 0 Å². The van der Waals surface area contributed by atoms with Crippen LogP contribution in [0.15, 0.2) is 0 Å². The van der Waals surface area contributed by atoms with Gasteiger partial charge in [0.05, 0.1) is 0 Å². The Labute approximate surface area is 68.4 Å². The first-order valence-corrected chi connectivity index (χ1v) is 4.64. The zero-order valence-electron chi connectivity index (χ0n) is 6.65. The highest BCUT2D eigenvalue weighted by molar-refractivity contribution is 6.17. The average molecular weight is 162 g/mol. The fourth-order valence-electron chi connectivity index (χ4n) is 1.63. The van der Waals surface area contributed by atoms with Gasteiger partial charge in [0.2, 0.25) is 0 Å². The zero-order valence-corrected chi connectivity index (χ0v) is 7.40. The Balaban J connectivity index is 2.25. The molecule has 60 valence electrons. The Bertz CT molecular complexity index is 93.3. The summed E-state index contributed by atoms with van der Waals surface area (Å²) in [7, 11) is 2.20. The van der Waals surface area contributed by atoms with Crippen molar-refractivity contribution in [2.24, 2.45) is 0 Å². The van der Waals surface area contributed by atoms with Gasteiger partial charge in [0.25, 0.3) is 0 Å². The van der Waals surface area contributed by atoms with Gasteiger partial charge in [0.1, 0.15) is 0 Å². The lowest BCUT2D eigenvalue weighted by Gasteiger charge is -2.31. The minimum atomic E-state index is 0.770. The largest absolute Gasteiger partial charge is 0.303 e. The zero-order chi connectivity index (χ0) is 7.40. The van der Waals surface area contributed by atoms with Gasteiger partial charge in [-0.15, -0.1) is 11.6 Å². The van der Waals surface area contributed by atoms with Crippen molar-refractivity contribution in [3.05, 3.63) is 0 Å². The number of rotatable bonds is 2. The molecule has 0 N–H and O–H groups in total. The van der Waals surface area contributed by atoms with E-state index in [1.165, 1.54) is 25.8 Å². The highest BCUT2D eigenvalue weighted by Gasteiger charge is 2.17. The van der Waals surface area contributed by atoms with Gasteiger partial charge in [0, 0.05) is 11.9 Å². The summed E-state index contributed by atoms with van der Waals surface area (Å²) < 4.78 is 0. The highest BCUT2D eigenvalue weighted by Crippen LogP contribution is 2.17. The summed E-state index contributed by atoms with van der Waals surface area (Å²) >= 11 is 5.67. The van der Waals surface area contributed by atoms with Gasteiger partial charge in [-0.2, -0.15) is 0 Å². The van der Waals surface area contributed by atoms with Crippen LogP contribution in [-0.4, -0.2) is 30.4 Å². The van der Waals surface area contributed by atoms with E-state index in [9.17, 15) is 0 Å². The highest BCUT2D eigenvalue weighted by atomic mass is 35.5. The van der Waals surface area contributed by atoms with E-state index in [0.717, 1.165) is 18.3 Å². The quantitative estimate of drug-likeness (QED) is 0.561. The minimum absolute atomic E-state index is 0.770. The van der Waals surface area contributed by atoms with Crippen LogP contribution in [0.25, 0.3) is 0 Å². The number of piperidine rings is 1. The van der Waals surface area contributed by atoms with E-state index >= 15 is 0 Å². The Morgan fingerprint density at radius 2 is 2.30 bits per heavy atom. The topological polar surface area (TPSA) is 3.24 Å². The molecular formula is C8H16ClN. The molecule has 1 aliphatic rings.